The van der Waals surface area contributed by atoms with Crippen molar-refractivity contribution in [1.29, 1.82) is 0 Å². The summed E-state index contributed by atoms with van der Waals surface area (Å²) in [5.41, 5.74) is 2.97. The summed E-state index contributed by atoms with van der Waals surface area (Å²) in [4.78, 5) is 28.6. The molecular weight excluding hydrogens is 493 g/mol. The van der Waals surface area contributed by atoms with Gasteiger partial charge in [-0.2, -0.15) is 17.6 Å². The molecule has 0 fully saturated rings. The molecule has 2 aromatic carbocycles. The molecule has 7 nitrogen and oxygen atoms in total. The van der Waals surface area contributed by atoms with Gasteiger partial charge in [0, 0.05) is 12.0 Å². The number of nitrogens with zero attached hydrogens (tertiary/aromatic N) is 2. The van der Waals surface area contributed by atoms with Crippen LogP contribution in [-0.2, 0) is 24.3 Å². The zero-order valence-corrected chi connectivity index (χ0v) is 22.4. The number of aryl methyl sites for hydroxylation is 1. The molecule has 0 bridgehead atoms. The number of carboxylic acids is 1. The predicted octanol–water partition coefficient (Wildman–Crippen LogP) is 5.36. The van der Waals surface area contributed by atoms with E-state index in [4.69, 9.17) is 4.74 Å². The highest BCUT2D eigenvalue weighted by atomic mass is 32.1. The van der Waals surface area contributed by atoms with Crippen molar-refractivity contribution in [3.63, 3.8) is 0 Å². The summed E-state index contributed by atoms with van der Waals surface area (Å²) in [6, 6.07) is 11.6. The van der Waals surface area contributed by atoms with Crippen LogP contribution < -0.4 is 10.1 Å². The van der Waals surface area contributed by atoms with E-state index in [1.165, 1.54) is 12.1 Å². The number of amides is 1. The van der Waals surface area contributed by atoms with Crippen molar-refractivity contribution < 1.29 is 23.8 Å². The lowest BCUT2D eigenvalue weighted by Crippen LogP contribution is -2.25. The maximum atomic E-state index is 15.3. The van der Waals surface area contributed by atoms with Gasteiger partial charge in [0.05, 0.1) is 36.6 Å². The number of carbonyl (C=O) groups excluding carboxylic acids is 1. The lowest BCUT2D eigenvalue weighted by atomic mass is 9.98. The second-order valence-corrected chi connectivity index (χ2v) is 9.29. The van der Waals surface area contributed by atoms with Crippen molar-refractivity contribution in [3.8, 4) is 17.1 Å². The molecule has 3 rings (SSSR count). The number of hydrogen-bond acceptors (Lipinski definition) is 5. The minimum absolute atomic E-state index is 0.0611. The first-order chi connectivity index (χ1) is 17.8. The molecule has 1 amide bonds. The number of aromatic carboxylic acids is 1. The quantitative estimate of drug-likeness (QED) is 0.260. The van der Waals surface area contributed by atoms with Gasteiger partial charge in [0.25, 0.3) is 6.01 Å². The molecule has 0 saturated heterocycles. The van der Waals surface area contributed by atoms with Crippen LogP contribution in [0.4, 0.5) is 4.39 Å². The highest BCUT2D eigenvalue weighted by Crippen LogP contribution is 2.28. The lowest BCUT2D eigenvalue weighted by molar-refractivity contribution is -0.121. The minimum atomic E-state index is -1.07. The van der Waals surface area contributed by atoms with Crippen LogP contribution in [0, 0.1) is 11.7 Å². The number of thiol groups is 1. The van der Waals surface area contributed by atoms with E-state index in [0.717, 1.165) is 23.6 Å². The van der Waals surface area contributed by atoms with E-state index in [0.29, 0.717) is 48.1 Å². The molecule has 0 aliphatic heterocycles. The summed E-state index contributed by atoms with van der Waals surface area (Å²) in [5, 5.41) is 12.5. The first kappa shape index (κ1) is 28.2. The van der Waals surface area contributed by atoms with Gasteiger partial charge in [0.2, 0.25) is 5.91 Å². The first-order valence-electron chi connectivity index (χ1n) is 12.5. The van der Waals surface area contributed by atoms with Gasteiger partial charge in [-0.3, -0.25) is 9.36 Å². The number of aromatic nitrogens is 2. The molecule has 2 N–H and O–H groups in total. The Labute approximate surface area is 222 Å². The topological polar surface area (TPSA) is 93.5 Å². The number of benzene rings is 2. The van der Waals surface area contributed by atoms with Crippen LogP contribution >= 0.6 is 12.6 Å². The number of imidazole rings is 1. The number of hydrogen-bond donors (Lipinski definition) is 3. The Hall–Kier alpha value is -3.33. The maximum absolute atomic E-state index is 15.3. The number of carbonyl (C=O) groups is 2. The third-order valence-electron chi connectivity index (χ3n) is 6.21. The fraction of sp³-hybridized carbons (Fsp3) is 0.393. The SMILES string of the molecule is CCOc1nc(CC)c(CNC(=O)CCC(C)CS)n1Cc1ccc(-c2ccccc2C(=O)O)cc1F. The van der Waals surface area contributed by atoms with E-state index in [2.05, 4.69) is 29.9 Å². The van der Waals surface area contributed by atoms with Crippen LogP contribution in [0.1, 0.15) is 60.9 Å². The van der Waals surface area contributed by atoms with Gasteiger partial charge in [-0.1, -0.05) is 44.2 Å². The van der Waals surface area contributed by atoms with Crippen molar-refractivity contribution in [2.45, 2.75) is 53.1 Å². The number of carboxylic acid groups (broad SMARTS) is 1. The number of halogens is 1. The Kier molecular flexibility index (Phi) is 10.1. The zero-order valence-electron chi connectivity index (χ0n) is 21.5. The van der Waals surface area contributed by atoms with E-state index in [9.17, 15) is 14.7 Å². The number of ether oxygens (including phenoxy) is 1. The smallest absolute Gasteiger partial charge is 0.336 e. The normalized spacial score (nSPS) is 11.8. The van der Waals surface area contributed by atoms with Gasteiger partial charge in [-0.05, 0) is 54.7 Å². The van der Waals surface area contributed by atoms with Crippen LogP contribution in [0.25, 0.3) is 11.1 Å². The summed E-state index contributed by atoms with van der Waals surface area (Å²) in [7, 11) is 0. The van der Waals surface area contributed by atoms with E-state index < -0.39 is 11.8 Å². The van der Waals surface area contributed by atoms with Crippen LogP contribution in [0.5, 0.6) is 6.01 Å². The molecule has 198 valence electrons. The Bertz CT molecular complexity index is 1240. The van der Waals surface area contributed by atoms with Gasteiger partial charge in [0.1, 0.15) is 5.82 Å². The Morgan fingerprint density at radius 3 is 2.62 bits per heavy atom. The molecule has 1 unspecified atom stereocenters. The van der Waals surface area contributed by atoms with Gasteiger partial charge < -0.3 is 15.2 Å². The molecule has 0 aliphatic rings. The third-order valence-corrected chi connectivity index (χ3v) is 6.83. The summed E-state index contributed by atoms with van der Waals surface area (Å²) < 4.78 is 22.9. The maximum Gasteiger partial charge on any atom is 0.336 e. The first-order valence-corrected chi connectivity index (χ1v) is 13.1. The van der Waals surface area contributed by atoms with Crippen LogP contribution in [0.15, 0.2) is 42.5 Å². The molecule has 1 aromatic heterocycles. The zero-order chi connectivity index (χ0) is 26.9. The van der Waals surface area contributed by atoms with Crippen molar-refractivity contribution in [3.05, 3.63) is 70.8 Å². The predicted molar refractivity (Wildman–Crippen MR) is 145 cm³/mol. The van der Waals surface area contributed by atoms with E-state index in [1.54, 1.807) is 34.9 Å². The second kappa shape index (κ2) is 13.3. The molecule has 1 atom stereocenters. The molecular formula is C28H34FN3O4S. The fourth-order valence-electron chi connectivity index (χ4n) is 4.07. The van der Waals surface area contributed by atoms with Crippen LogP contribution in [0.3, 0.4) is 0 Å². The fourth-order valence-corrected chi connectivity index (χ4v) is 4.25. The summed E-state index contributed by atoms with van der Waals surface area (Å²) in [6.45, 7) is 6.67. The second-order valence-electron chi connectivity index (χ2n) is 8.92. The van der Waals surface area contributed by atoms with E-state index in [-0.39, 0.29) is 24.6 Å². The molecule has 1 heterocycles. The Morgan fingerprint density at radius 2 is 1.97 bits per heavy atom. The molecule has 3 aromatic rings. The van der Waals surface area contributed by atoms with Crippen molar-refractivity contribution in [2.24, 2.45) is 5.92 Å². The van der Waals surface area contributed by atoms with Gasteiger partial charge in [-0.15, -0.1) is 0 Å². The average molecular weight is 528 g/mol. The van der Waals surface area contributed by atoms with Crippen LogP contribution in [-0.4, -0.2) is 38.9 Å². The highest BCUT2D eigenvalue weighted by Gasteiger charge is 2.20. The van der Waals surface area contributed by atoms with Crippen molar-refractivity contribution in [1.82, 2.24) is 14.9 Å². The molecule has 37 heavy (non-hydrogen) atoms. The van der Waals surface area contributed by atoms with E-state index >= 15 is 4.39 Å². The third kappa shape index (κ3) is 7.13. The molecule has 0 spiro atoms. The standard InChI is InChI=1S/C28H34FN3O4S/c1-4-24-25(15-30-26(33)13-10-18(3)17-37)32(28(31-24)36-5-2)16-20-12-11-19(14-23(20)29)21-8-6-7-9-22(21)27(34)35/h6-9,11-12,14,18,37H,4-5,10,13,15-17H2,1-3H3,(H,30,33)(H,34,35). The summed E-state index contributed by atoms with van der Waals surface area (Å²) in [6.07, 6.45) is 1.79. The largest absolute Gasteiger partial charge is 0.478 e. The van der Waals surface area contributed by atoms with Crippen molar-refractivity contribution in [2.75, 3.05) is 12.4 Å². The van der Waals surface area contributed by atoms with Crippen LogP contribution in [0.2, 0.25) is 0 Å². The summed E-state index contributed by atoms with van der Waals surface area (Å²) >= 11 is 4.27. The number of rotatable bonds is 13. The number of nitrogens with one attached hydrogen (secondary N) is 1. The molecule has 9 heteroatoms. The molecule has 0 saturated carbocycles. The highest BCUT2D eigenvalue weighted by molar-refractivity contribution is 7.80. The van der Waals surface area contributed by atoms with Crippen molar-refractivity contribution >= 4 is 24.5 Å². The lowest BCUT2D eigenvalue weighted by Gasteiger charge is -2.15. The van der Waals surface area contributed by atoms with Gasteiger partial charge >= 0.3 is 5.97 Å². The Balaban J connectivity index is 1.88. The van der Waals surface area contributed by atoms with E-state index in [1.807, 2.05) is 13.8 Å². The minimum Gasteiger partial charge on any atom is -0.478 e. The summed E-state index contributed by atoms with van der Waals surface area (Å²) in [5.74, 6) is -0.525. The Morgan fingerprint density at radius 1 is 1.22 bits per heavy atom. The average Bonchev–Trinajstić information content (AvgIpc) is 3.23. The monoisotopic (exact) mass is 527 g/mol. The van der Waals surface area contributed by atoms with Gasteiger partial charge in [0.15, 0.2) is 0 Å². The molecule has 0 radical (unpaired) electrons. The van der Waals surface area contributed by atoms with Gasteiger partial charge in [-0.25, -0.2) is 9.18 Å². The molecule has 0 aliphatic carbocycles.